The van der Waals surface area contributed by atoms with E-state index in [4.69, 9.17) is 4.74 Å². The maximum atomic E-state index is 12.0. The summed E-state index contributed by atoms with van der Waals surface area (Å²) >= 11 is 0. The van der Waals surface area contributed by atoms with Crippen molar-refractivity contribution < 1.29 is 14.3 Å². The molecule has 5 nitrogen and oxygen atoms in total. The van der Waals surface area contributed by atoms with E-state index in [1.165, 1.54) is 0 Å². The van der Waals surface area contributed by atoms with Gasteiger partial charge in [-0.05, 0) is 24.6 Å². The Morgan fingerprint density at radius 3 is 2.76 bits per heavy atom. The molecule has 5 heteroatoms. The van der Waals surface area contributed by atoms with Crippen LogP contribution in [0.3, 0.4) is 0 Å². The maximum absolute atomic E-state index is 12.0. The number of amides is 2. The first-order chi connectivity index (χ1) is 12.1. The number of ether oxygens (including phenoxy) is 1. The van der Waals surface area contributed by atoms with Gasteiger partial charge in [0.2, 0.25) is 5.91 Å². The van der Waals surface area contributed by atoms with Crippen LogP contribution in [-0.2, 0) is 16.0 Å². The van der Waals surface area contributed by atoms with Gasteiger partial charge in [0, 0.05) is 18.7 Å². The van der Waals surface area contributed by atoms with Crippen LogP contribution in [0.5, 0.6) is 0 Å². The average Bonchev–Trinajstić information content (AvgIpc) is 2.96. The standard InChI is InChI=1S/C20H22N2O3/c1-15-6-5-7-16(12-15)13-19(23)21-11-10-18-14-22(20(24)25-18)17-8-3-2-4-9-17/h2-9,12,18H,10-11,13-14H2,1H3,(H,21,23). The zero-order valence-electron chi connectivity index (χ0n) is 14.3. The summed E-state index contributed by atoms with van der Waals surface area (Å²) in [5.74, 6) is -0.0187. The van der Waals surface area contributed by atoms with Gasteiger partial charge in [-0.15, -0.1) is 0 Å². The van der Waals surface area contributed by atoms with E-state index < -0.39 is 0 Å². The highest BCUT2D eigenvalue weighted by Gasteiger charge is 2.31. The SMILES string of the molecule is Cc1cccc(CC(=O)NCCC2CN(c3ccccc3)C(=O)O2)c1. The molecule has 1 N–H and O–H groups in total. The van der Waals surface area contributed by atoms with Crippen LogP contribution in [0.1, 0.15) is 17.5 Å². The van der Waals surface area contributed by atoms with Crippen molar-refractivity contribution in [1.29, 1.82) is 0 Å². The Bertz CT molecular complexity index is 746. The van der Waals surface area contributed by atoms with E-state index in [-0.39, 0.29) is 18.1 Å². The molecule has 2 amide bonds. The first-order valence-corrected chi connectivity index (χ1v) is 8.47. The summed E-state index contributed by atoms with van der Waals surface area (Å²) in [6.45, 7) is 3.01. The highest BCUT2D eigenvalue weighted by molar-refractivity contribution is 5.89. The van der Waals surface area contributed by atoms with Crippen molar-refractivity contribution >= 4 is 17.7 Å². The van der Waals surface area contributed by atoms with Gasteiger partial charge < -0.3 is 10.1 Å². The molecule has 130 valence electrons. The van der Waals surface area contributed by atoms with Gasteiger partial charge in [-0.3, -0.25) is 9.69 Å². The fourth-order valence-electron chi connectivity index (χ4n) is 2.93. The molecule has 0 radical (unpaired) electrons. The average molecular weight is 338 g/mol. The van der Waals surface area contributed by atoms with Crippen molar-refractivity contribution in [3.63, 3.8) is 0 Å². The normalized spacial score (nSPS) is 16.6. The van der Waals surface area contributed by atoms with Crippen molar-refractivity contribution in [2.24, 2.45) is 0 Å². The quantitative estimate of drug-likeness (QED) is 0.881. The number of cyclic esters (lactones) is 1. The maximum Gasteiger partial charge on any atom is 0.414 e. The molecule has 1 aliphatic heterocycles. The zero-order valence-corrected chi connectivity index (χ0v) is 14.3. The molecule has 1 aliphatic rings. The highest BCUT2D eigenvalue weighted by atomic mass is 16.6. The molecule has 0 bridgehead atoms. The Labute approximate surface area is 147 Å². The lowest BCUT2D eigenvalue weighted by Gasteiger charge is -2.12. The number of carbonyl (C=O) groups excluding carboxylic acids is 2. The topological polar surface area (TPSA) is 58.6 Å². The number of rotatable bonds is 6. The van der Waals surface area contributed by atoms with Crippen molar-refractivity contribution in [2.45, 2.75) is 25.9 Å². The molecule has 0 aliphatic carbocycles. The third kappa shape index (κ3) is 4.59. The first-order valence-electron chi connectivity index (χ1n) is 8.47. The van der Waals surface area contributed by atoms with E-state index in [1.807, 2.05) is 61.5 Å². The molecule has 3 rings (SSSR count). The van der Waals surface area contributed by atoms with Crippen LogP contribution in [0.15, 0.2) is 54.6 Å². The second kappa shape index (κ2) is 7.83. The monoisotopic (exact) mass is 338 g/mol. The van der Waals surface area contributed by atoms with E-state index in [2.05, 4.69) is 5.32 Å². The van der Waals surface area contributed by atoms with Gasteiger partial charge >= 0.3 is 6.09 Å². The molecule has 0 saturated carbocycles. The molecule has 2 aromatic rings. The number of nitrogens with zero attached hydrogens (tertiary/aromatic N) is 1. The van der Waals surface area contributed by atoms with Crippen LogP contribution in [0.4, 0.5) is 10.5 Å². The van der Waals surface area contributed by atoms with Crippen LogP contribution in [-0.4, -0.2) is 31.2 Å². The lowest BCUT2D eigenvalue weighted by Crippen LogP contribution is -2.30. The van der Waals surface area contributed by atoms with E-state index >= 15 is 0 Å². The van der Waals surface area contributed by atoms with Crippen molar-refractivity contribution in [1.82, 2.24) is 5.32 Å². The Hall–Kier alpha value is -2.82. The van der Waals surface area contributed by atoms with E-state index in [9.17, 15) is 9.59 Å². The third-order valence-corrected chi connectivity index (χ3v) is 4.18. The second-order valence-corrected chi connectivity index (χ2v) is 6.26. The molecule has 2 aromatic carbocycles. The van der Waals surface area contributed by atoms with Crippen molar-refractivity contribution in [3.05, 3.63) is 65.7 Å². The molecule has 0 aromatic heterocycles. The number of carbonyl (C=O) groups is 2. The number of aryl methyl sites for hydroxylation is 1. The molecule has 1 saturated heterocycles. The van der Waals surface area contributed by atoms with Crippen LogP contribution >= 0.6 is 0 Å². The molecular formula is C20H22N2O3. The van der Waals surface area contributed by atoms with E-state index in [0.717, 1.165) is 16.8 Å². The number of para-hydroxylation sites is 1. The number of benzene rings is 2. The molecule has 1 atom stereocenters. The van der Waals surface area contributed by atoms with Gasteiger partial charge in [0.25, 0.3) is 0 Å². The van der Waals surface area contributed by atoms with E-state index in [0.29, 0.717) is 25.9 Å². The number of anilines is 1. The molecular weight excluding hydrogens is 316 g/mol. The zero-order chi connectivity index (χ0) is 17.6. The first kappa shape index (κ1) is 17.0. The van der Waals surface area contributed by atoms with E-state index in [1.54, 1.807) is 4.90 Å². The Kier molecular flexibility index (Phi) is 5.33. The minimum absolute atomic E-state index is 0.0187. The van der Waals surface area contributed by atoms with Crippen LogP contribution in [0.25, 0.3) is 0 Å². The second-order valence-electron chi connectivity index (χ2n) is 6.26. The lowest BCUT2D eigenvalue weighted by molar-refractivity contribution is -0.120. The molecule has 1 unspecified atom stereocenters. The largest absolute Gasteiger partial charge is 0.444 e. The Morgan fingerprint density at radius 1 is 1.20 bits per heavy atom. The summed E-state index contributed by atoms with van der Waals surface area (Å²) in [5, 5.41) is 2.90. The van der Waals surface area contributed by atoms with Gasteiger partial charge in [-0.25, -0.2) is 4.79 Å². The molecule has 1 fully saturated rings. The summed E-state index contributed by atoms with van der Waals surface area (Å²) in [6.07, 6.45) is 0.436. The molecule has 25 heavy (non-hydrogen) atoms. The van der Waals surface area contributed by atoms with Crippen LogP contribution in [0, 0.1) is 6.92 Å². The van der Waals surface area contributed by atoms with Gasteiger partial charge in [0.05, 0.1) is 13.0 Å². The summed E-state index contributed by atoms with van der Waals surface area (Å²) in [4.78, 5) is 25.6. The fraction of sp³-hybridized carbons (Fsp3) is 0.300. The minimum Gasteiger partial charge on any atom is -0.444 e. The third-order valence-electron chi connectivity index (χ3n) is 4.18. The highest BCUT2D eigenvalue weighted by Crippen LogP contribution is 2.22. The van der Waals surface area contributed by atoms with Gasteiger partial charge in [0.15, 0.2) is 0 Å². The Balaban J connectivity index is 1.43. The smallest absolute Gasteiger partial charge is 0.414 e. The molecule has 0 spiro atoms. The lowest BCUT2D eigenvalue weighted by atomic mass is 10.1. The summed E-state index contributed by atoms with van der Waals surface area (Å²) < 4.78 is 5.38. The number of nitrogens with one attached hydrogen (secondary N) is 1. The minimum atomic E-state index is -0.331. The Morgan fingerprint density at radius 2 is 2.00 bits per heavy atom. The fourth-order valence-corrected chi connectivity index (χ4v) is 2.93. The molecule has 1 heterocycles. The summed E-state index contributed by atoms with van der Waals surface area (Å²) in [6, 6.07) is 17.4. The number of hydrogen-bond acceptors (Lipinski definition) is 3. The van der Waals surface area contributed by atoms with Crippen LogP contribution in [0.2, 0.25) is 0 Å². The van der Waals surface area contributed by atoms with Gasteiger partial charge in [0.1, 0.15) is 6.10 Å². The summed E-state index contributed by atoms with van der Waals surface area (Å²) in [7, 11) is 0. The predicted molar refractivity (Wildman–Crippen MR) is 96.6 cm³/mol. The van der Waals surface area contributed by atoms with Crippen molar-refractivity contribution in [3.8, 4) is 0 Å². The van der Waals surface area contributed by atoms with Gasteiger partial charge in [-0.2, -0.15) is 0 Å². The van der Waals surface area contributed by atoms with Crippen molar-refractivity contribution in [2.75, 3.05) is 18.0 Å². The van der Waals surface area contributed by atoms with Gasteiger partial charge in [-0.1, -0.05) is 48.0 Å². The predicted octanol–water partition coefficient (Wildman–Crippen LogP) is 3.07. The van der Waals surface area contributed by atoms with Crippen LogP contribution < -0.4 is 10.2 Å². The number of hydrogen-bond donors (Lipinski definition) is 1. The summed E-state index contributed by atoms with van der Waals surface area (Å²) in [5.41, 5.74) is 2.97.